The number of aryl methyl sites for hydroxylation is 1. The zero-order valence-electron chi connectivity index (χ0n) is 22.6. The van der Waals surface area contributed by atoms with Crippen LogP contribution in [0.2, 0.25) is 0 Å². The molecule has 218 valence electrons. The highest BCUT2D eigenvalue weighted by molar-refractivity contribution is 5.95. The molecule has 6 N–H and O–H groups in total. The van der Waals surface area contributed by atoms with Crippen molar-refractivity contribution in [2.45, 2.75) is 51.2 Å². The van der Waals surface area contributed by atoms with Gasteiger partial charge in [-0.05, 0) is 61.6 Å². The lowest BCUT2D eigenvalue weighted by molar-refractivity contribution is -0.274. The summed E-state index contributed by atoms with van der Waals surface area (Å²) in [6, 6.07) is 20.8. The van der Waals surface area contributed by atoms with E-state index < -0.39 is 18.4 Å². The molecule has 0 saturated carbocycles. The number of nitrogens with two attached hydrogens (primary N) is 1. The number of benzene rings is 3. The summed E-state index contributed by atoms with van der Waals surface area (Å²) in [5.41, 5.74) is 8.52. The highest BCUT2D eigenvalue weighted by Gasteiger charge is 2.31. The molecule has 0 unspecified atom stereocenters. The van der Waals surface area contributed by atoms with Crippen molar-refractivity contribution in [1.82, 2.24) is 16.0 Å². The van der Waals surface area contributed by atoms with Gasteiger partial charge in [0.2, 0.25) is 11.8 Å². The predicted octanol–water partition coefficient (Wildman–Crippen LogP) is 3.82. The highest BCUT2D eigenvalue weighted by atomic mass is 19.4. The SMILES string of the molecule is C[C@H](NC(=O)[C@@H](CCc1ccccc1)NCCc1cccc(OC(F)(F)F)c1)C(=O)NCc1ccc(C(=N)N)cc1. The largest absolute Gasteiger partial charge is 0.573 e. The Balaban J connectivity index is 1.56. The number of rotatable bonds is 14. The van der Waals surface area contributed by atoms with Crippen LogP contribution in [0.5, 0.6) is 5.75 Å². The Labute approximate surface area is 237 Å². The molecule has 0 radical (unpaired) electrons. The quantitative estimate of drug-likeness (QED) is 0.149. The Morgan fingerprint density at radius 3 is 2.24 bits per heavy atom. The second kappa shape index (κ2) is 14.8. The maximum absolute atomic E-state index is 13.2. The highest BCUT2D eigenvalue weighted by Crippen LogP contribution is 2.23. The lowest BCUT2D eigenvalue weighted by atomic mass is 10.0. The number of halogens is 3. The molecule has 0 aliphatic carbocycles. The summed E-state index contributed by atoms with van der Waals surface area (Å²) in [5, 5.41) is 16.2. The average Bonchev–Trinajstić information content (AvgIpc) is 2.93. The number of alkyl halides is 3. The zero-order chi connectivity index (χ0) is 29.8. The van der Waals surface area contributed by atoms with E-state index in [1.807, 2.05) is 30.3 Å². The molecule has 0 bridgehead atoms. The van der Waals surface area contributed by atoms with Gasteiger partial charge in [0, 0.05) is 12.1 Å². The number of amidine groups is 1. The summed E-state index contributed by atoms with van der Waals surface area (Å²) in [7, 11) is 0. The summed E-state index contributed by atoms with van der Waals surface area (Å²) in [6.07, 6.45) is -3.36. The van der Waals surface area contributed by atoms with E-state index in [1.54, 1.807) is 37.3 Å². The molecule has 3 aromatic rings. The zero-order valence-corrected chi connectivity index (χ0v) is 22.6. The minimum Gasteiger partial charge on any atom is -0.406 e. The van der Waals surface area contributed by atoms with Crippen LogP contribution in [-0.4, -0.2) is 42.6 Å². The van der Waals surface area contributed by atoms with Crippen LogP contribution in [0.4, 0.5) is 13.2 Å². The van der Waals surface area contributed by atoms with Crippen LogP contribution in [0.3, 0.4) is 0 Å². The summed E-state index contributed by atoms with van der Waals surface area (Å²) in [6.45, 7) is 2.15. The Kier molecular flexibility index (Phi) is 11.3. The second-order valence-electron chi connectivity index (χ2n) is 9.53. The van der Waals surface area contributed by atoms with E-state index >= 15 is 0 Å². The molecule has 0 fully saturated rings. The van der Waals surface area contributed by atoms with Crippen LogP contribution in [0.1, 0.15) is 35.6 Å². The van der Waals surface area contributed by atoms with Gasteiger partial charge in [-0.3, -0.25) is 15.0 Å². The van der Waals surface area contributed by atoms with Crippen molar-refractivity contribution in [3.05, 3.63) is 101 Å². The van der Waals surface area contributed by atoms with E-state index in [9.17, 15) is 22.8 Å². The third-order valence-electron chi connectivity index (χ3n) is 6.30. The van der Waals surface area contributed by atoms with Crippen molar-refractivity contribution in [2.24, 2.45) is 5.73 Å². The van der Waals surface area contributed by atoms with Gasteiger partial charge in [0.1, 0.15) is 17.6 Å². The Morgan fingerprint density at radius 2 is 1.59 bits per heavy atom. The van der Waals surface area contributed by atoms with E-state index in [1.165, 1.54) is 18.2 Å². The lowest BCUT2D eigenvalue weighted by Crippen LogP contribution is -2.52. The molecule has 0 saturated heterocycles. The fourth-order valence-electron chi connectivity index (χ4n) is 4.09. The first kappa shape index (κ1) is 31.2. The average molecular weight is 570 g/mol. The van der Waals surface area contributed by atoms with Crippen LogP contribution < -0.4 is 26.4 Å². The summed E-state index contributed by atoms with van der Waals surface area (Å²) >= 11 is 0. The molecule has 2 atom stereocenters. The minimum absolute atomic E-state index is 0.0451. The molecule has 2 amide bonds. The minimum atomic E-state index is -4.78. The number of ether oxygens (including phenoxy) is 1. The van der Waals surface area contributed by atoms with Crippen molar-refractivity contribution in [2.75, 3.05) is 6.54 Å². The molecule has 11 heteroatoms. The number of carbonyl (C=O) groups is 2. The number of hydrogen-bond donors (Lipinski definition) is 5. The third-order valence-corrected chi connectivity index (χ3v) is 6.30. The summed E-state index contributed by atoms with van der Waals surface area (Å²) in [5.74, 6) is -1.07. The van der Waals surface area contributed by atoms with Crippen LogP contribution in [0, 0.1) is 5.41 Å². The Morgan fingerprint density at radius 1 is 0.902 bits per heavy atom. The number of amides is 2. The standard InChI is InChI=1S/C30H34F3N5O3/c1-20(28(39)37-19-23-10-13-24(14-11-23)27(34)35)38-29(40)26(15-12-21-6-3-2-4-7-21)36-17-16-22-8-5-9-25(18-22)41-30(31,32)33/h2-11,13-14,18,20,26,36H,12,15-17,19H2,1H3,(H3,34,35)(H,37,39)(H,38,40)/t20-,26+/m0/s1. The molecule has 0 aliphatic heterocycles. The first-order chi connectivity index (χ1) is 19.5. The molecule has 0 aromatic heterocycles. The van der Waals surface area contributed by atoms with Gasteiger partial charge in [0.15, 0.2) is 0 Å². The fourth-order valence-corrected chi connectivity index (χ4v) is 4.09. The molecule has 3 rings (SSSR count). The van der Waals surface area contributed by atoms with E-state index in [0.717, 1.165) is 11.1 Å². The normalized spacial score (nSPS) is 12.7. The molecule has 3 aromatic carbocycles. The van der Waals surface area contributed by atoms with Gasteiger partial charge < -0.3 is 26.4 Å². The van der Waals surface area contributed by atoms with Gasteiger partial charge in [-0.2, -0.15) is 0 Å². The van der Waals surface area contributed by atoms with Gasteiger partial charge in [0.05, 0.1) is 6.04 Å². The van der Waals surface area contributed by atoms with E-state index in [0.29, 0.717) is 36.9 Å². The number of hydrogen-bond acceptors (Lipinski definition) is 5. The van der Waals surface area contributed by atoms with Crippen molar-refractivity contribution in [3.63, 3.8) is 0 Å². The number of carbonyl (C=O) groups excluding carboxylic acids is 2. The third kappa shape index (κ3) is 11.0. The Bertz CT molecular complexity index is 1300. The Hall–Kier alpha value is -4.38. The topological polar surface area (TPSA) is 129 Å². The molecule has 0 spiro atoms. The van der Waals surface area contributed by atoms with Gasteiger partial charge in [-0.15, -0.1) is 13.2 Å². The van der Waals surface area contributed by atoms with Gasteiger partial charge in [0.25, 0.3) is 0 Å². The fraction of sp³-hybridized carbons (Fsp3) is 0.300. The van der Waals surface area contributed by atoms with Crippen molar-refractivity contribution < 1.29 is 27.5 Å². The first-order valence-corrected chi connectivity index (χ1v) is 13.1. The molecule has 41 heavy (non-hydrogen) atoms. The van der Waals surface area contributed by atoms with Crippen LogP contribution in [0.15, 0.2) is 78.9 Å². The number of nitrogens with one attached hydrogen (secondary N) is 4. The first-order valence-electron chi connectivity index (χ1n) is 13.1. The van der Waals surface area contributed by atoms with Gasteiger partial charge in [-0.1, -0.05) is 66.7 Å². The monoisotopic (exact) mass is 569 g/mol. The predicted molar refractivity (Wildman–Crippen MR) is 150 cm³/mol. The second-order valence-corrected chi connectivity index (χ2v) is 9.53. The summed E-state index contributed by atoms with van der Waals surface area (Å²) < 4.78 is 41.7. The maximum Gasteiger partial charge on any atom is 0.573 e. The number of nitrogen functional groups attached to an aromatic ring is 1. The van der Waals surface area contributed by atoms with Crippen LogP contribution >= 0.6 is 0 Å². The van der Waals surface area contributed by atoms with Crippen LogP contribution in [0.25, 0.3) is 0 Å². The molecular formula is C30H34F3N5O3. The molecule has 8 nitrogen and oxygen atoms in total. The van der Waals surface area contributed by atoms with Crippen molar-refractivity contribution in [1.29, 1.82) is 5.41 Å². The molecule has 0 heterocycles. The van der Waals surface area contributed by atoms with Crippen LogP contribution in [-0.2, 0) is 29.0 Å². The smallest absolute Gasteiger partial charge is 0.406 e. The van der Waals surface area contributed by atoms with E-state index in [2.05, 4.69) is 20.7 Å². The molecule has 0 aliphatic rings. The van der Waals surface area contributed by atoms with Crippen molar-refractivity contribution >= 4 is 17.6 Å². The van der Waals surface area contributed by atoms with E-state index in [4.69, 9.17) is 11.1 Å². The van der Waals surface area contributed by atoms with Crippen molar-refractivity contribution in [3.8, 4) is 5.75 Å². The summed E-state index contributed by atoms with van der Waals surface area (Å²) in [4.78, 5) is 25.8. The maximum atomic E-state index is 13.2. The van der Waals surface area contributed by atoms with Gasteiger partial charge >= 0.3 is 6.36 Å². The van der Waals surface area contributed by atoms with E-state index in [-0.39, 0.29) is 29.9 Å². The lowest BCUT2D eigenvalue weighted by Gasteiger charge is -2.21. The van der Waals surface area contributed by atoms with Gasteiger partial charge in [-0.25, -0.2) is 0 Å². The molecular weight excluding hydrogens is 535 g/mol.